The predicted molar refractivity (Wildman–Crippen MR) is 45.3 cm³/mol. The Morgan fingerprint density at radius 3 is 2.25 bits per heavy atom. The molecule has 0 aromatic heterocycles. The number of sulfonamides is 1. The molecule has 4 nitrogen and oxygen atoms in total. The van der Waals surface area contributed by atoms with Crippen molar-refractivity contribution in [3.8, 4) is 0 Å². The molecule has 0 heterocycles. The molecule has 0 amide bonds. The number of ketones is 1. The molecule has 0 aromatic carbocycles. The molecule has 0 N–H and O–H groups in total. The van der Waals surface area contributed by atoms with Gasteiger partial charge in [0.1, 0.15) is 5.78 Å². The van der Waals surface area contributed by atoms with Gasteiger partial charge in [0, 0.05) is 6.04 Å². The van der Waals surface area contributed by atoms with Crippen molar-refractivity contribution < 1.29 is 13.2 Å². The van der Waals surface area contributed by atoms with E-state index in [1.165, 1.54) is 11.2 Å². The normalized spacial score (nSPS) is 18.2. The second-order valence-corrected chi connectivity index (χ2v) is 5.18. The van der Waals surface area contributed by atoms with Gasteiger partial charge in [-0.2, -0.15) is 4.31 Å². The van der Waals surface area contributed by atoms with Gasteiger partial charge >= 0.3 is 0 Å². The Morgan fingerprint density at radius 2 is 2.00 bits per heavy atom. The Bertz CT molecular complexity index is 279. The molecule has 0 aromatic rings. The van der Waals surface area contributed by atoms with Gasteiger partial charge in [-0.3, -0.25) is 4.79 Å². The van der Waals surface area contributed by atoms with Crippen LogP contribution in [0.3, 0.4) is 0 Å². The van der Waals surface area contributed by atoms with Crippen LogP contribution in [0.1, 0.15) is 19.8 Å². The maximum absolute atomic E-state index is 11.1. The van der Waals surface area contributed by atoms with E-state index in [4.69, 9.17) is 0 Å². The maximum atomic E-state index is 11.1. The van der Waals surface area contributed by atoms with Crippen molar-refractivity contribution >= 4 is 15.8 Å². The third kappa shape index (κ3) is 2.57. The lowest BCUT2D eigenvalue weighted by molar-refractivity contribution is -0.117. The highest BCUT2D eigenvalue weighted by Crippen LogP contribution is 2.28. The zero-order valence-corrected chi connectivity index (χ0v) is 8.10. The number of carbonyl (C=O) groups is 1. The van der Waals surface area contributed by atoms with Crippen LogP contribution < -0.4 is 0 Å². The quantitative estimate of drug-likeness (QED) is 0.628. The summed E-state index contributed by atoms with van der Waals surface area (Å²) in [7, 11) is -3.18. The van der Waals surface area contributed by atoms with Crippen LogP contribution in [-0.2, 0) is 14.8 Å². The van der Waals surface area contributed by atoms with Gasteiger partial charge in [0.25, 0.3) is 0 Å². The minimum atomic E-state index is -3.18. The summed E-state index contributed by atoms with van der Waals surface area (Å²) >= 11 is 0. The standard InChI is InChI=1S/C7H13NO3S/c1-6(9)5-8(7-3-4-7)12(2,10)11/h7H,3-5H2,1-2H3. The molecule has 0 radical (unpaired) electrons. The van der Waals surface area contributed by atoms with Crippen molar-refractivity contribution in [1.29, 1.82) is 0 Å². The Hall–Kier alpha value is -0.420. The van der Waals surface area contributed by atoms with Gasteiger partial charge in [0.05, 0.1) is 12.8 Å². The van der Waals surface area contributed by atoms with Crippen molar-refractivity contribution in [2.75, 3.05) is 12.8 Å². The van der Waals surface area contributed by atoms with Crippen LogP contribution in [0.4, 0.5) is 0 Å². The highest BCUT2D eigenvalue weighted by Gasteiger charge is 2.35. The molecule has 12 heavy (non-hydrogen) atoms. The monoisotopic (exact) mass is 191 g/mol. The topological polar surface area (TPSA) is 54.5 Å². The van der Waals surface area contributed by atoms with Crippen molar-refractivity contribution in [1.82, 2.24) is 4.31 Å². The van der Waals surface area contributed by atoms with Crippen LogP contribution in [-0.4, -0.2) is 37.3 Å². The van der Waals surface area contributed by atoms with Gasteiger partial charge in [-0.25, -0.2) is 8.42 Å². The zero-order chi connectivity index (χ0) is 9.35. The van der Waals surface area contributed by atoms with Gasteiger partial charge in [-0.05, 0) is 19.8 Å². The fraction of sp³-hybridized carbons (Fsp3) is 0.857. The summed E-state index contributed by atoms with van der Waals surface area (Å²) in [5.74, 6) is -0.104. The summed E-state index contributed by atoms with van der Waals surface area (Å²) in [5, 5.41) is 0. The number of nitrogens with zero attached hydrogens (tertiary/aromatic N) is 1. The number of carbonyl (C=O) groups excluding carboxylic acids is 1. The second kappa shape index (κ2) is 3.14. The lowest BCUT2D eigenvalue weighted by atomic mass is 10.4. The van der Waals surface area contributed by atoms with E-state index in [2.05, 4.69) is 0 Å². The molecule has 70 valence electrons. The Balaban J connectivity index is 2.68. The maximum Gasteiger partial charge on any atom is 0.211 e. The molecule has 0 spiro atoms. The molecule has 0 unspecified atom stereocenters. The number of rotatable bonds is 4. The predicted octanol–water partition coefficient (Wildman–Crippen LogP) is -0.000600. The van der Waals surface area contributed by atoms with Crippen LogP contribution in [0, 0.1) is 0 Å². The molecule has 0 atom stereocenters. The van der Waals surface area contributed by atoms with Gasteiger partial charge in [-0.15, -0.1) is 0 Å². The molecule has 0 bridgehead atoms. The fourth-order valence-corrected chi connectivity index (χ4v) is 2.27. The van der Waals surface area contributed by atoms with Crippen molar-refractivity contribution in [3.05, 3.63) is 0 Å². The number of hydrogen-bond acceptors (Lipinski definition) is 3. The molecule has 1 rings (SSSR count). The highest BCUT2D eigenvalue weighted by molar-refractivity contribution is 7.88. The van der Waals surface area contributed by atoms with Gasteiger partial charge in [0.15, 0.2) is 0 Å². The molecule has 5 heteroatoms. The van der Waals surface area contributed by atoms with Gasteiger partial charge in [0.2, 0.25) is 10.0 Å². The first kappa shape index (κ1) is 9.67. The van der Waals surface area contributed by atoms with Crippen molar-refractivity contribution in [2.24, 2.45) is 0 Å². The van der Waals surface area contributed by atoms with E-state index in [0.717, 1.165) is 19.1 Å². The molecular formula is C7H13NO3S. The van der Waals surface area contributed by atoms with Crippen LogP contribution in [0.15, 0.2) is 0 Å². The zero-order valence-electron chi connectivity index (χ0n) is 7.28. The summed E-state index contributed by atoms with van der Waals surface area (Å²) < 4.78 is 23.5. The third-order valence-corrected chi connectivity index (χ3v) is 3.04. The summed E-state index contributed by atoms with van der Waals surface area (Å²) in [6.07, 6.45) is 2.93. The smallest absolute Gasteiger partial charge is 0.211 e. The minimum Gasteiger partial charge on any atom is -0.299 e. The van der Waals surface area contributed by atoms with E-state index in [1.807, 2.05) is 0 Å². The lowest BCUT2D eigenvalue weighted by Crippen LogP contribution is -2.35. The van der Waals surface area contributed by atoms with Crippen molar-refractivity contribution in [2.45, 2.75) is 25.8 Å². The lowest BCUT2D eigenvalue weighted by Gasteiger charge is -2.16. The molecule has 1 fully saturated rings. The molecule has 1 aliphatic carbocycles. The molecule has 0 aliphatic heterocycles. The largest absolute Gasteiger partial charge is 0.299 e. The Morgan fingerprint density at radius 1 is 1.50 bits per heavy atom. The molecular weight excluding hydrogens is 178 g/mol. The Labute approximate surface area is 72.6 Å². The van der Waals surface area contributed by atoms with E-state index in [0.29, 0.717) is 0 Å². The number of hydrogen-bond donors (Lipinski definition) is 0. The summed E-state index contributed by atoms with van der Waals surface area (Å²) in [5.41, 5.74) is 0. The first-order valence-corrected chi connectivity index (χ1v) is 5.72. The van der Waals surface area contributed by atoms with E-state index in [1.54, 1.807) is 0 Å². The van der Waals surface area contributed by atoms with E-state index < -0.39 is 10.0 Å². The molecule has 1 saturated carbocycles. The van der Waals surface area contributed by atoms with Crippen molar-refractivity contribution in [3.63, 3.8) is 0 Å². The second-order valence-electron chi connectivity index (χ2n) is 3.24. The fourth-order valence-electron chi connectivity index (χ4n) is 1.10. The van der Waals surface area contributed by atoms with E-state index in [9.17, 15) is 13.2 Å². The average Bonchev–Trinajstić information content (AvgIpc) is 2.60. The Kier molecular flexibility index (Phi) is 2.53. The van der Waals surface area contributed by atoms with Gasteiger partial charge in [-0.1, -0.05) is 0 Å². The van der Waals surface area contributed by atoms with Crippen LogP contribution >= 0.6 is 0 Å². The van der Waals surface area contributed by atoms with E-state index >= 15 is 0 Å². The van der Waals surface area contributed by atoms with Gasteiger partial charge < -0.3 is 0 Å². The summed E-state index contributed by atoms with van der Waals surface area (Å²) in [4.78, 5) is 10.7. The first-order chi connectivity index (χ1) is 5.41. The van der Waals surface area contributed by atoms with Crippen LogP contribution in [0.5, 0.6) is 0 Å². The molecule has 1 aliphatic rings. The summed E-state index contributed by atoms with van der Waals surface area (Å²) in [6, 6.07) is 0.0869. The highest BCUT2D eigenvalue weighted by atomic mass is 32.2. The van der Waals surface area contributed by atoms with E-state index in [-0.39, 0.29) is 18.4 Å². The van der Waals surface area contributed by atoms with Crippen LogP contribution in [0.25, 0.3) is 0 Å². The molecule has 0 saturated heterocycles. The average molecular weight is 191 g/mol. The first-order valence-electron chi connectivity index (χ1n) is 3.87. The SMILES string of the molecule is CC(=O)CN(C1CC1)S(C)(=O)=O. The third-order valence-electron chi connectivity index (χ3n) is 1.76. The summed E-state index contributed by atoms with van der Waals surface area (Å²) in [6.45, 7) is 1.43. The van der Waals surface area contributed by atoms with Crippen LogP contribution in [0.2, 0.25) is 0 Å². The number of Topliss-reactive ketones (excluding diaryl/α,β-unsaturated/α-hetero) is 1. The minimum absolute atomic E-state index is 0.0312.